The van der Waals surface area contributed by atoms with Crippen LogP contribution in [0.1, 0.15) is 38.9 Å². The van der Waals surface area contributed by atoms with Gasteiger partial charge in [0, 0.05) is 11.3 Å². The molecule has 1 atom stereocenters. The predicted molar refractivity (Wildman–Crippen MR) is 76.6 cm³/mol. The second-order valence-electron chi connectivity index (χ2n) is 5.49. The lowest BCUT2D eigenvalue weighted by Crippen LogP contribution is -2.27. The number of amides is 1. The summed E-state index contributed by atoms with van der Waals surface area (Å²) in [5, 5.41) is 22.1. The Hall–Kier alpha value is -1.79. The van der Waals surface area contributed by atoms with E-state index >= 15 is 0 Å². The molecule has 0 aliphatic carbocycles. The number of phenols is 1. The second kappa shape index (κ2) is 6.58. The van der Waals surface area contributed by atoms with Crippen molar-refractivity contribution in [2.24, 2.45) is 5.73 Å². The van der Waals surface area contributed by atoms with Gasteiger partial charge in [0.15, 0.2) is 0 Å². The molecule has 0 saturated carbocycles. The predicted octanol–water partition coefficient (Wildman–Crippen LogP) is 2.12. The van der Waals surface area contributed by atoms with Crippen LogP contribution in [0, 0.1) is 0 Å². The molecule has 0 aromatic heterocycles. The smallest absolute Gasteiger partial charge is 0.412 e. The number of aliphatic hydroxyl groups is 1. The van der Waals surface area contributed by atoms with Gasteiger partial charge in [0.05, 0.1) is 6.10 Å². The normalized spacial score (nSPS) is 12.8. The van der Waals surface area contributed by atoms with Crippen molar-refractivity contribution >= 4 is 11.8 Å². The summed E-state index contributed by atoms with van der Waals surface area (Å²) >= 11 is 0. The van der Waals surface area contributed by atoms with Crippen LogP contribution in [0.25, 0.3) is 0 Å². The van der Waals surface area contributed by atoms with Gasteiger partial charge in [-0.3, -0.25) is 5.32 Å². The number of nitrogens with one attached hydrogen (secondary N) is 1. The molecule has 0 fully saturated rings. The van der Waals surface area contributed by atoms with Crippen LogP contribution >= 0.6 is 0 Å². The monoisotopic (exact) mass is 282 g/mol. The maximum atomic E-state index is 11.6. The van der Waals surface area contributed by atoms with E-state index in [-0.39, 0.29) is 5.75 Å². The molecule has 0 unspecified atom stereocenters. The van der Waals surface area contributed by atoms with Crippen LogP contribution in [0.4, 0.5) is 10.5 Å². The minimum absolute atomic E-state index is 0.0410. The molecule has 0 saturated heterocycles. The van der Waals surface area contributed by atoms with Crippen LogP contribution in [-0.2, 0) is 4.74 Å². The molecule has 1 aromatic carbocycles. The van der Waals surface area contributed by atoms with Crippen molar-refractivity contribution in [2.45, 2.75) is 38.9 Å². The Labute approximate surface area is 118 Å². The number of phenolic OH excluding ortho intramolecular Hbond substituents is 1. The topological polar surface area (TPSA) is 105 Å². The summed E-state index contributed by atoms with van der Waals surface area (Å²) in [4.78, 5) is 11.6. The van der Waals surface area contributed by atoms with Gasteiger partial charge in [0.2, 0.25) is 0 Å². The molecule has 0 aliphatic rings. The van der Waals surface area contributed by atoms with E-state index in [0.717, 1.165) is 0 Å². The largest absolute Gasteiger partial charge is 0.508 e. The van der Waals surface area contributed by atoms with Gasteiger partial charge in [-0.05, 0) is 51.9 Å². The Morgan fingerprint density at radius 3 is 2.65 bits per heavy atom. The summed E-state index contributed by atoms with van der Waals surface area (Å²) in [6.07, 6.45) is -1.15. The summed E-state index contributed by atoms with van der Waals surface area (Å²) in [6, 6.07) is 4.43. The van der Waals surface area contributed by atoms with E-state index in [1.54, 1.807) is 20.8 Å². The number of carbonyl (C=O) groups excluding carboxylic acids is 1. The van der Waals surface area contributed by atoms with Gasteiger partial charge in [0.1, 0.15) is 11.4 Å². The van der Waals surface area contributed by atoms with E-state index in [1.165, 1.54) is 18.2 Å². The quantitative estimate of drug-likeness (QED) is 0.633. The highest BCUT2D eigenvalue weighted by atomic mass is 16.6. The fourth-order valence-electron chi connectivity index (χ4n) is 1.63. The fraction of sp³-hybridized carbons (Fsp3) is 0.500. The van der Waals surface area contributed by atoms with Crippen LogP contribution in [0.15, 0.2) is 18.2 Å². The van der Waals surface area contributed by atoms with Crippen molar-refractivity contribution in [3.05, 3.63) is 23.8 Å². The molecule has 0 heterocycles. The van der Waals surface area contributed by atoms with Gasteiger partial charge >= 0.3 is 6.09 Å². The van der Waals surface area contributed by atoms with Crippen LogP contribution < -0.4 is 11.1 Å². The molecule has 112 valence electrons. The van der Waals surface area contributed by atoms with Gasteiger partial charge in [0.25, 0.3) is 0 Å². The molecule has 1 amide bonds. The van der Waals surface area contributed by atoms with Crippen LogP contribution in [0.3, 0.4) is 0 Å². The summed E-state index contributed by atoms with van der Waals surface area (Å²) in [5.74, 6) is -0.0410. The molecule has 1 aromatic rings. The van der Waals surface area contributed by atoms with E-state index in [0.29, 0.717) is 24.2 Å². The first-order chi connectivity index (χ1) is 9.23. The number of aliphatic hydroxyl groups excluding tert-OH is 1. The Bertz CT molecular complexity index is 469. The number of rotatable bonds is 4. The van der Waals surface area contributed by atoms with Gasteiger partial charge < -0.3 is 20.7 Å². The summed E-state index contributed by atoms with van der Waals surface area (Å²) in [7, 11) is 0. The standard InChI is InChI=1S/C14H22N2O4/c1-14(2,3)20-13(19)16-9-4-5-11(17)10(8-9)12(18)6-7-15/h4-5,8,12,17-18H,6-7,15H2,1-3H3,(H,16,19)/t12-/m0/s1. The second-order valence-corrected chi connectivity index (χ2v) is 5.49. The summed E-state index contributed by atoms with van der Waals surface area (Å²) in [5.41, 5.74) is 5.54. The lowest BCUT2D eigenvalue weighted by atomic mass is 10.0. The Morgan fingerprint density at radius 2 is 2.10 bits per heavy atom. The molecule has 6 heteroatoms. The lowest BCUT2D eigenvalue weighted by Gasteiger charge is -2.20. The van der Waals surface area contributed by atoms with Crippen molar-refractivity contribution in [3.63, 3.8) is 0 Å². The molecular formula is C14H22N2O4. The highest BCUT2D eigenvalue weighted by molar-refractivity contribution is 5.85. The first kappa shape index (κ1) is 16.3. The molecule has 0 aliphatic heterocycles. The molecule has 5 N–H and O–H groups in total. The van der Waals surface area contributed by atoms with Gasteiger partial charge in [-0.15, -0.1) is 0 Å². The molecule has 0 spiro atoms. The van der Waals surface area contributed by atoms with Crippen LogP contribution in [0.2, 0.25) is 0 Å². The summed E-state index contributed by atoms with van der Waals surface area (Å²) < 4.78 is 5.12. The highest BCUT2D eigenvalue weighted by Gasteiger charge is 2.17. The molecule has 0 bridgehead atoms. The third kappa shape index (κ3) is 5.07. The number of anilines is 1. The lowest BCUT2D eigenvalue weighted by molar-refractivity contribution is 0.0635. The minimum Gasteiger partial charge on any atom is -0.508 e. The average Bonchev–Trinajstić information content (AvgIpc) is 2.29. The van der Waals surface area contributed by atoms with Crippen LogP contribution in [0.5, 0.6) is 5.75 Å². The van der Waals surface area contributed by atoms with Crippen LogP contribution in [-0.4, -0.2) is 28.5 Å². The Balaban J connectivity index is 2.82. The van der Waals surface area contributed by atoms with Crippen molar-refractivity contribution in [1.82, 2.24) is 0 Å². The minimum atomic E-state index is -0.875. The Morgan fingerprint density at radius 1 is 1.45 bits per heavy atom. The van der Waals surface area contributed by atoms with E-state index < -0.39 is 17.8 Å². The van der Waals surface area contributed by atoms with E-state index in [9.17, 15) is 15.0 Å². The first-order valence-corrected chi connectivity index (χ1v) is 6.44. The molecule has 0 radical (unpaired) electrons. The molecule has 1 rings (SSSR count). The van der Waals surface area contributed by atoms with Crippen molar-refractivity contribution < 1.29 is 19.7 Å². The first-order valence-electron chi connectivity index (χ1n) is 6.44. The van der Waals surface area contributed by atoms with E-state index in [2.05, 4.69) is 5.32 Å². The van der Waals surface area contributed by atoms with Crippen molar-refractivity contribution in [2.75, 3.05) is 11.9 Å². The average molecular weight is 282 g/mol. The fourth-order valence-corrected chi connectivity index (χ4v) is 1.63. The number of carbonyl (C=O) groups is 1. The number of benzene rings is 1. The number of aromatic hydroxyl groups is 1. The number of nitrogens with two attached hydrogens (primary N) is 1. The molecule has 6 nitrogen and oxygen atoms in total. The summed E-state index contributed by atoms with van der Waals surface area (Å²) in [6.45, 7) is 5.59. The van der Waals surface area contributed by atoms with Crippen molar-refractivity contribution in [1.29, 1.82) is 0 Å². The van der Waals surface area contributed by atoms with Gasteiger partial charge in [-0.25, -0.2) is 4.79 Å². The maximum absolute atomic E-state index is 11.6. The maximum Gasteiger partial charge on any atom is 0.412 e. The van der Waals surface area contributed by atoms with E-state index in [1.807, 2.05) is 0 Å². The number of hydrogen-bond acceptors (Lipinski definition) is 5. The third-order valence-electron chi connectivity index (χ3n) is 2.47. The molecule has 20 heavy (non-hydrogen) atoms. The Kier molecular flexibility index (Phi) is 5.35. The van der Waals surface area contributed by atoms with Gasteiger partial charge in [-0.1, -0.05) is 0 Å². The zero-order valence-corrected chi connectivity index (χ0v) is 12.0. The SMILES string of the molecule is CC(C)(C)OC(=O)Nc1ccc(O)c([C@@H](O)CCN)c1. The zero-order valence-electron chi connectivity index (χ0n) is 12.0. The molecular weight excluding hydrogens is 260 g/mol. The highest BCUT2D eigenvalue weighted by Crippen LogP contribution is 2.29. The number of ether oxygens (including phenoxy) is 1. The van der Waals surface area contributed by atoms with E-state index in [4.69, 9.17) is 10.5 Å². The number of hydrogen-bond donors (Lipinski definition) is 4. The van der Waals surface area contributed by atoms with Gasteiger partial charge in [-0.2, -0.15) is 0 Å². The zero-order chi connectivity index (χ0) is 15.3. The van der Waals surface area contributed by atoms with Crippen molar-refractivity contribution in [3.8, 4) is 5.75 Å². The third-order valence-corrected chi connectivity index (χ3v) is 2.47.